The standard InChI is InChI=1S/C58H84O2S2.2C7H7.Ti/c1-53(2,3)41-25-37(26-42(31-41)54(4,5)6)47-33-45(57(13,14)15)29-39(51(47)59)35-61-49-23-21-19-20-22-24-50(49)62-36-40-30-46(58(16,17)18)34-48(52(40)60)38-27-43(55(7,8)9)32-44(28-38)56(10,11)12;2*1-7-5-3-2-4-6-7;/h25-34,49-50,59-60H,19-24,35-36H2,1-18H3;2*2-6H,1H2;/q;2*-1;/t49-,50?;;;/m0.../s1. The second-order valence-electron chi connectivity index (χ2n) is 28.4. The van der Waals surface area contributed by atoms with E-state index in [0.717, 1.165) is 56.0 Å². The molecule has 0 bridgehead atoms. The van der Waals surface area contributed by atoms with Crippen molar-refractivity contribution in [2.45, 2.75) is 218 Å². The van der Waals surface area contributed by atoms with Gasteiger partial charge in [0.2, 0.25) is 0 Å². The van der Waals surface area contributed by atoms with Gasteiger partial charge < -0.3 is 0 Å². The van der Waals surface area contributed by atoms with E-state index in [-0.39, 0.29) is 48.4 Å². The van der Waals surface area contributed by atoms with E-state index < -0.39 is 15.5 Å². The average Bonchev–Trinajstić information content (AvgIpc) is 3.62. The molecule has 0 amide bonds. The Labute approximate surface area is 480 Å². The van der Waals surface area contributed by atoms with Gasteiger partial charge in [0.1, 0.15) is 0 Å². The topological polar surface area (TPSA) is 40.5 Å². The van der Waals surface area contributed by atoms with Crippen LogP contribution in [-0.4, -0.2) is 20.7 Å². The number of phenolic OH excluding ortho intramolecular Hbond substituents is 2. The first kappa shape index (κ1) is 62.3. The molecule has 1 aliphatic carbocycles. The van der Waals surface area contributed by atoms with Gasteiger partial charge in [0, 0.05) is 0 Å². The summed E-state index contributed by atoms with van der Waals surface area (Å²) < 4.78 is 0. The van der Waals surface area contributed by atoms with Crippen molar-refractivity contribution < 1.29 is 25.7 Å². The van der Waals surface area contributed by atoms with Crippen molar-refractivity contribution in [3.63, 3.8) is 0 Å². The van der Waals surface area contributed by atoms with Crippen LogP contribution in [0.25, 0.3) is 22.3 Å². The van der Waals surface area contributed by atoms with Crippen LogP contribution in [0.15, 0.2) is 121 Å². The fraction of sp³-hybridized carbons (Fsp3) is 0.472. The minimum atomic E-state index is -0.392. The van der Waals surface area contributed by atoms with Gasteiger partial charge in [-0.25, -0.2) is 0 Å². The molecule has 0 saturated heterocycles. The summed E-state index contributed by atoms with van der Waals surface area (Å²) in [7, 11) is 0.470. The van der Waals surface area contributed by atoms with Crippen LogP contribution in [0.5, 0.6) is 11.5 Å². The van der Waals surface area contributed by atoms with Crippen LogP contribution in [0.3, 0.4) is 0 Å². The van der Waals surface area contributed by atoms with E-state index in [1.54, 1.807) is 0 Å². The SMILES string of the molecule is CC(C)(C)c1cc(-c2cc(C(C)(C)C)cc(C[S]3=[Ti]=[S@@](Cc4cc(C(C)(C)C)cc(-c5cc(C(C)(C)C)cc(C(C)(C)C)c5)c4O)C4CCCCCC[C@@H]43)c2O)cc(C(C)(C)C)c1.[CH2-]c1ccccc1.[CH2-]c1ccccc1. The van der Waals surface area contributed by atoms with Crippen LogP contribution in [0.1, 0.15) is 219 Å². The molecule has 1 heterocycles. The van der Waals surface area contributed by atoms with Gasteiger partial charge >= 0.3 is 398 Å². The van der Waals surface area contributed by atoms with Gasteiger partial charge in [0.15, 0.2) is 0 Å². The monoisotopic (exact) mass is 1110 g/mol. The van der Waals surface area contributed by atoms with Gasteiger partial charge in [0.05, 0.1) is 0 Å². The van der Waals surface area contributed by atoms with Crippen LogP contribution in [0.4, 0.5) is 0 Å². The van der Waals surface area contributed by atoms with Crippen molar-refractivity contribution in [2.75, 3.05) is 0 Å². The first-order valence-electron chi connectivity index (χ1n) is 28.6. The second-order valence-corrected chi connectivity index (χ2v) is 39.9. The number of fused-ring (bicyclic) bond motifs is 1. The van der Waals surface area contributed by atoms with Crippen molar-refractivity contribution in [1.29, 1.82) is 0 Å². The molecular formula is C72H98O2S2Ti-2. The minimum Gasteiger partial charge on any atom is -0.199 e. The summed E-state index contributed by atoms with van der Waals surface area (Å²) in [4.78, 5) is 0. The molecule has 1 fully saturated rings. The van der Waals surface area contributed by atoms with Gasteiger partial charge in [-0.15, -0.1) is 24.3 Å². The van der Waals surface area contributed by atoms with Crippen LogP contribution >= 0.6 is 15.9 Å². The molecule has 5 heteroatoms. The molecule has 0 aromatic heterocycles. The van der Waals surface area contributed by atoms with E-state index >= 15 is 0 Å². The predicted molar refractivity (Wildman–Crippen MR) is 339 cm³/mol. The van der Waals surface area contributed by atoms with Crippen molar-refractivity contribution in [1.82, 2.24) is 0 Å². The Morgan fingerprint density at radius 3 is 0.909 bits per heavy atom. The van der Waals surface area contributed by atoms with Crippen LogP contribution < -0.4 is 0 Å². The third-order valence-electron chi connectivity index (χ3n) is 15.5. The Hall–Kier alpha value is -3.93. The molecule has 2 unspecified atom stereocenters. The van der Waals surface area contributed by atoms with E-state index in [0.29, 0.717) is 22.0 Å². The molecule has 8 rings (SSSR count). The van der Waals surface area contributed by atoms with E-state index in [9.17, 15) is 10.2 Å². The summed E-state index contributed by atoms with van der Waals surface area (Å²) in [5.41, 5.74) is 16.4. The maximum absolute atomic E-state index is 12.6. The van der Waals surface area contributed by atoms with Crippen molar-refractivity contribution in [3.8, 4) is 33.8 Å². The molecule has 416 valence electrons. The number of phenols is 2. The van der Waals surface area contributed by atoms with Gasteiger partial charge in [0.25, 0.3) is 0 Å². The molecule has 0 radical (unpaired) electrons. The molecule has 77 heavy (non-hydrogen) atoms. The van der Waals surface area contributed by atoms with Gasteiger partial charge in [-0.3, -0.25) is 0 Å². The molecule has 2 N–H and O–H groups in total. The fourth-order valence-electron chi connectivity index (χ4n) is 10.1. The van der Waals surface area contributed by atoms with Crippen LogP contribution in [0.2, 0.25) is 0 Å². The zero-order valence-electron chi connectivity index (χ0n) is 51.0. The van der Waals surface area contributed by atoms with E-state index in [2.05, 4.69) is 199 Å². The quantitative estimate of drug-likeness (QED) is 0.129. The normalized spacial score (nSPS) is 18.3. The summed E-state index contributed by atoms with van der Waals surface area (Å²) in [5, 5.41) is 26.6. The predicted octanol–water partition coefficient (Wildman–Crippen LogP) is 21.2. The maximum atomic E-state index is 12.6. The van der Waals surface area contributed by atoms with Crippen molar-refractivity contribution in [3.05, 3.63) is 191 Å². The molecule has 1 aliphatic heterocycles. The number of aromatic hydroxyl groups is 2. The Kier molecular flexibility index (Phi) is 20.1. The molecular weight excluding hydrogens is 1010 g/mol. The fourth-order valence-corrected chi connectivity index (χ4v) is 30.9. The number of benzene rings is 6. The smallest absolute Gasteiger partial charge is 0.0866 e. The summed E-state index contributed by atoms with van der Waals surface area (Å²) >= 11 is -0.392. The molecule has 6 aromatic carbocycles. The summed E-state index contributed by atoms with van der Waals surface area (Å²) in [6.07, 6.45) is 7.93. The molecule has 1 saturated carbocycles. The first-order valence-corrected chi connectivity index (χ1v) is 35.3. The molecule has 0 spiro atoms. The molecule has 6 aromatic rings. The Morgan fingerprint density at radius 2 is 0.662 bits per heavy atom. The minimum absolute atomic E-state index is 0.0110. The summed E-state index contributed by atoms with van der Waals surface area (Å²) in [6.45, 7) is 49.0. The van der Waals surface area contributed by atoms with E-state index in [1.807, 2.05) is 60.7 Å². The van der Waals surface area contributed by atoms with Crippen LogP contribution in [-0.2, 0) is 59.5 Å². The number of hydrogen-bond acceptors (Lipinski definition) is 2. The zero-order chi connectivity index (χ0) is 57.1. The maximum Gasteiger partial charge on any atom is -0.0866 e. The average molecular weight is 1110 g/mol. The Morgan fingerprint density at radius 1 is 0.390 bits per heavy atom. The van der Waals surface area contributed by atoms with Gasteiger partial charge in [-0.05, 0) is 0 Å². The van der Waals surface area contributed by atoms with Gasteiger partial charge in [-0.1, -0.05) is 12.1 Å². The number of rotatable bonds is 6. The largest absolute Gasteiger partial charge is 0.199 e. The third kappa shape index (κ3) is 16.8. The first-order chi connectivity index (χ1) is 35.6. The Bertz CT molecular complexity index is 2770. The number of hydrogen-bond donors (Lipinski definition) is 2. The van der Waals surface area contributed by atoms with E-state index in [4.69, 9.17) is 0 Å². The summed E-state index contributed by atoms with van der Waals surface area (Å²) in [5.74, 6) is 2.95. The van der Waals surface area contributed by atoms with Crippen molar-refractivity contribution >= 4 is 15.9 Å². The molecule has 2 aliphatic rings. The molecule has 4 atom stereocenters. The van der Waals surface area contributed by atoms with Crippen LogP contribution in [0, 0.1) is 13.8 Å². The second kappa shape index (κ2) is 24.8. The van der Waals surface area contributed by atoms with Crippen molar-refractivity contribution in [2.24, 2.45) is 0 Å². The zero-order valence-corrected chi connectivity index (χ0v) is 54.2. The third-order valence-corrected chi connectivity index (χ3v) is 31.4. The van der Waals surface area contributed by atoms with Gasteiger partial charge in [-0.2, -0.15) is 49.2 Å². The van der Waals surface area contributed by atoms with E-state index in [1.165, 1.54) is 71.9 Å². The molecule has 2 nitrogen and oxygen atoms in total. The summed E-state index contributed by atoms with van der Waals surface area (Å²) in [6, 6.07) is 43.3. The Balaban J connectivity index is 0.000000592.